The predicted octanol–water partition coefficient (Wildman–Crippen LogP) is 2.97. The third-order valence-corrected chi connectivity index (χ3v) is 1.02. The number of carboxylic acid groups (broad SMARTS) is 1. The van der Waals surface area contributed by atoms with Gasteiger partial charge in [-0.1, -0.05) is 0 Å². The first-order valence-electron chi connectivity index (χ1n) is 5.78. The molecule has 1 amide bonds. The number of halogens is 6. The summed E-state index contributed by atoms with van der Waals surface area (Å²) in [5.41, 5.74) is 4.26. The molecule has 0 spiro atoms. The van der Waals surface area contributed by atoms with E-state index < -0.39 is 42.6 Å². The van der Waals surface area contributed by atoms with Crippen LogP contribution < -0.4 is 5.73 Å². The van der Waals surface area contributed by atoms with Gasteiger partial charge in [-0.25, -0.2) is 4.79 Å². The molecule has 0 unspecified atom stereocenters. The highest BCUT2D eigenvalue weighted by atomic mass is 19.4. The van der Waals surface area contributed by atoms with Gasteiger partial charge in [-0.05, 0) is 20.8 Å². The van der Waals surface area contributed by atoms with Gasteiger partial charge in [-0.15, -0.1) is 13.2 Å². The summed E-state index contributed by atoms with van der Waals surface area (Å²) in [6, 6.07) is 0. The van der Waals surface area contributed by atoms with Crippen molar-refractivity contribution in [2.45, 2.75) is 52.3 Å². The lowest BCUT2D eigenvalue weighted by Gasteiger charge is -2.16. The molecular formula is C11H17F6NO6. The van der Waals surface area contributed by atoms with E-state index in [9.17, 15) is 40.7 Å². The number of esters is 1. The maximum Gasteiger partial charge on any atom is 0.575 e. The van der Waals surface area contributed by atoms with Crippen LogP contribution in [0.2, 0.25) is 0 Å². The van der Waals surface area contributed by atoms with E-state index in [1.54, 1.807) is 20.8 Å². The van der Waals surface area contributed by atoms with Crippen LogP contribution in [-0.2, 0) is 19.1 Å². The number of nitrogens with two attached hydrogens (primary N) is 1. The Labute approximate surface area is 132 Å². The normalized spacial score (nSPS) is 11.1. The van der Waals surface area contributed by atoms with E-state index in [4.69, 9.17) is 10.8 Å². The number of aliphatic carboxylic acids is 1. The summed E-state index contributed by atoms with van der Waals surface area (Å²) in [7, 11) is 0. The van der Waals surface area contributed by atoms with Crippen molar-refractivity contribution in [3.8, 4) is 0 Å². The SMILES string of the molecule is CC(=O)OC(F)(F)F.CC(C)(C)OC(N)=O.O=C(O)CC(F)(F)F. The summed E-state index contributed by atoms with van der Waals surface area (Å²) in [6.45, 7) is 5.97. The number of hydrogen-bond donors (Lipinski definition) is 2. The molecule has 0 aliphatic carbocycles. The summed E-state index contributed by atoms with van der Waals surface area (Å²) in [6.07, 6.45) is -11.9. The van der Waals surface area contributed by atoms with Crippen LogP contribution in [0.3, 0.4) is 0 Å². The number of carbonyl (C=O) groups is 3. The van der Waals surface area contributed by atoms with Gasteiger partial charge in [0.15, 0.2) is 0 Å². The number of rotatable bonds is 1. The van der Waals surface area contributed by atoms with Crippen molar-refractivity contribution < 1.29 is 55.3 Å². The first-order valence-corrected chi connectivity index (χ1v) is 5.78. The van der Waals surface area contributed by atoms with Crippen LogP contribution in [0.15, 0.2) is 0 Å². The van der Waals surface area contributed by atoms with Gasteiger partial charge >= 0.3 is 30.6 Å². The average molecular weight is 373 g/mol. The molecule has 0 rings (SSSR count). The van der Waals surface area contributed by atoms with Crippen LogP contribution >= 0.6 is 0 Å². The fourth-order valence-electron chi connectivity index (χ4n) is 0.636. The minimum Gasteiger partial charge on any atom is -0.481 e. The van der Waals surface area contributed by atoms with Gasteiger partial charge in [0.25, 0.3) is 0 Å². The van der Waals surface area contributed by atoms with Gasteiger partial charge < -0.3 is 20.3 Å². The van der Waals surface area contributed by atoms with E-state index in [0.717, 1.165) is 0 Å². The lowest BCUT2D eigenvalue weighted by Crippen LogP contribution is -2.27. The maximum absolute atomic E-state index is 10.9. The summed E-state index contributed by atoms with van der Waals surface area (Å²) < 4.78 is 72.7. The van der Waals surface area contributed by atoms with Crippen LogP contribution in [-0.4, -0.2) is 41.3 Å². The molecule has 7 nitrogen and oxygen atoms in total. The van der Waals surface area contributed by atoms with Gasteiger partial charge in [0.05, 0.1) is 0 Å². The molecule has 13 heteroatoms. The summed E-state index contributed by atoms with van der Waals surface area (Å²) in [4.78, 5) is 28.8. The molecule has 0 aliphatic heterocycles. The smallest absolute Gasteiger partial charge is 0.481 e. The lowest BCUT2D eigenvalue weighted by molar-refractivity contribution is -0.304. The van der Waals surface area contributed by atoms with Crippen LogP contribution in [0.25, 0.3) is 0 Å². The lowest BCUT2D eigenvalue weighted by atomic mass is 10.2. The van der Waals surface area contributed by atoms with E-state index in [1.165, 1.54) is 0 Å². The molecule has 0 aliphatic rings. The highest BCUT2D eigenvalue weighted by Gasteiger charge is 2.32. The van der Waals surface area contributed by atoms with E-state index in [2.05, 4.69) is 9.47 Å². The molecule has 0 fully saturated rings. The fraction of sp³-hybridized carbons (Fsp3) is 0.727. The van der Waals surface area contributed by atoms with Gasteiger partial charge in [0, 0.05) is 6.92 Å². The Morgan fingerprint density at radius 3 is 1.33 bits per heavy atom. The van der Waals surface area contributed by atoms with E-state index in [-0.39, 0.29) is 0 Å². The second kappa shape index (κ2) is 10.5. The molecule has 0 aromatic rings. The minimum atomic E-state index is -4.83. The zero-order valence-corrected chi connectivity index (χ0v) is 13.0. The molecule has 3 N–H and O–H groups in total. The van der Waals surface area contributed by atoms with Gasteiger partial charge in [0.1, 0.15) is 12.0 Å². The maximum atomic E-state index is 10.9. The zero-order chi connectivity index (χ0) is 20.4. The molecule has 144 valence electrons. The standard InChI is InChI=1S/C5H11NO2.2C3H3F3O2/c1-5(2,3)8-4(6)7;1-2(7)8-3(4,5)6;4-3(5,6)1-2(7)8/h1-3H3,(H2,6,7);1H3;1H2,(H,7,8). The van der Waals surface area contributed by atoms with Crippen molar-refractivity contribution in [3.63, 3.8) is 0 Å². The van der Waals surface area contributed by atoms with Crippen molar-refractivity contribution in [2.75, 3.05) is 0 Å². The number of carboxylic acids is 1. The van der Waals surface area contributed by atoms with Crippen molar-refractivity contribution in [3.05, 3.63) is 0 Å². The average Bonchev–Trinajstić information content (AvgIpc) is 2.04. The monoisotopic (exact) mass is 373 g/mol. The van der Waals surface area contributed by atoms with Crippen molar-refractivity contribution >= 4 is 18.0 Å². The largest absolute Gasteiger partial charge is 0.575 e. The first kappa shape index (κ1) is 26.7. The molecule has 0 aromatic carbocycles. The highest BCUT2D eigenvalue weighted by molar-refractivity contribution is 5.67. The van der Waals surface area contributed by atoms with Crippen LogP contribution in [0.4, 0.5) is 31.1 Å². The number of hydrogen-bond acceptors (Lipinski definition) is 5. The Bertz CT molecular complexity index is 351. The number of primary amides is 1. The Hall–Kier alpha value is -2.21. The predicted molar refractivity (Wildman–Crippen MR) is 66.6 cm³/mol. The number of ether oxygens (including phenoxy) is 2. The summed E-state index contributed by atoms with van der Waals surface area (Å²) in [5, 5.41) is 7.53. The summed E-state index contributed by atoms with van der Waals surface area (Å²) in [5.74, 6) is -3.20. The molecule has 0 bridgehead atoms. The Kier molecular flexibility index (Phi) is 11.7. The van der Waals surface area contributed by atoms with E-state index >= 15 is 0 Å². The third-order valence-electron chi connectivity index (χ3n) is 1.02. The van der Waals surface area contributed by atoms with Crippen molar-refractivity contribution in [2.24, 2.45) is 5.73 Å². The van der Waals surface area contributed by atoms with Gasteiger partial charge in [-0.3, -0.25) is 9.59 Å². The molecule has 24 heavy (non-hydrogen) atoms. The second-order valence-electron chi connectivity index (χ2n) is 4.76. The fourth-order valence-corrected chi connectivity index (χ4v) is 0.636. The second-order valence-corrected chi connectivity index (χ2v) is 4.76. The van der Waals surface area contributed by atoms with Crippen LogP contribution in [0.1, 0.15) is 34.1 Å². The first-order chi connectivity index (χ1) is 10.2. The van der Waals surface area contributed by atoms with Crippen molar-refractivity contribution in [1.82, 2.24) is 0 Å². The molecule has 0 atom stereocenters. The van der Waals surface area contributed by atoms with Gasteiger partial charge in [0.2, 0.25) is 0 Å². The van der Waals surface area contributed by atoms with Crippen LogP contribution in [0, 0.1) is 0 Å². The number of amides is 1. The minimum absolute atomic E-state index is 0.453. The zero-order valence-electron chi connectivity index (χ0n) is 13.0. The Morgan fingerprint density at radius 1 is 0.958 bits per heavy atom. The molecule has 0 heterocycles. The molecular weight excluding hydrogens is 356 g/mol. The Morgan fingerprint density at radius 2 is 1.33 bits per heavy atom. The van der Waals surface area contributed by atoms with Gasteiger partial charge in [-0.2, -0.15) is 13.2 Å². The van der Waals surface area contributed by atoms with E-state index in [1.807, 2.05) is 0 Å². The van der Waals surface area contributed by atoms with Crippen LogP contribution in [0.5, 0.6) is 0 Å². The number of carbonyl (C=O) groups excluding carboxylic acids is 2. The van der Waals surface area contributed by atoms with Crippen molar-refractivity contribution in [1.29, 1.82) is 0 Å². The Balaban J connectivity index is -0.000000276. The molecule has 0 aromatic heterocycles. The summed E-state index contributed by atoms with van der Waals surface area (Å²) >= 11 is 0. The third kappa shape index (κ3) is 42.7. The molecule has 0 saturated heterocycles. The number of alkyl halides is 6. The molecule has 0 saturated carbocycles. The van der Waals surface area contributed by atoms with E-state index in [0.29, 0.717) is 6.92 Å². The highest BCUT2D eigenvalue weighted by Crippen LogP contribution is 2.18. The topological polar surface area (TPSA) is 116 Å². The quantitative estimate of drug-likeness (QED) is 0.539. The molecule has 0 radical (unpaired) electrons.